The fourth-order valence-corrected chi connectivity index (χ4v) is 3.37. The van der Waals surface area contributed by atoms with Gasteiger partial charge in [-0.2, -0.15) is 4.99 Å². The predicted molar refractivity (Wildman–Crippen MR) is 61.2 cm³/mol. The van der Waals surface area contributed by atoms with Crippen molar-refractivity contribution in [1.29, 1.82) is 0 Å². The maximum atomic E-state index is 12.2. The number of likely N-dealkylation sites (tertiary alicyclic amines) is 1. The number of hydrogen-bond acceptors (Lipinski definition) is 4. The van der Waals surface area contributed by atoms with Crippen molar-refractivity contribution in [2.75, 3.05) is 25.4 Å². The van der Waals surface area contributed by atoms with Gasteiger partial charge in [0.1, 0.15) is 0 Å². The molecule has 3 rings (SSSR count). The molecule has 0 saturated carbocycles. The monoisotopic (exact) mass is 239 g/mol. The molecule has 2 amide bonds. The number of carbonyl (C=O) groups is 2. The number of thioether (sulfide) groups is 1. The Balaban J connectivity index is 1.89. The van der Waals surface area contributed by atoms with E-state index in [-0.39, 0.29) is 11.8 Å². The lowest BCUT2D eigenvalue weighted by molar-refractivity contribution is -0.140. The summed E-state index contributed by atoms with van der Waals surface area (Å²) in [5.74, 6) is 0.513. The smallest absolute Gasteiger partial charge is 0.275 e. The van der Waals surface area contributed by atoms with E-state index in [4.69, 9.17) is 0 Å². The molecule has 3 aliphatic rings. The van der Waals surface area contributed by atoms with Gasteiger partial charge in [-0.3, -0.25) is 19.4 Å². The first-order valence-electron chi connectivity index (χ1n) is 5.58. The molecule has 1 atom stereocenters. The Hall–Kier alpha value is -0.880. The molecule has 0 aromatic rings. The van der Waals surface area contributed by atoms with Gasteiger partial charge in [0, 0.05) is 12.3 Å². The van der Waals surface area contributed by atoms with Crippen molar-refractivity contribution in [1.82, 2.24) is 9.80 Å². The second-order valence-corrected chi connectivity index (χ2v) is 5.28. The number of hydrogen-bond donors (Lipinski definition) is 0. The maximum Gasteiger partial charge on any atom is 0.275 e. The van der Waals surface area contributed by atoms with Crippen LogP contribution in [0.5, 0.6) is 0 Å². The third kappa shape index (κ3) is 1.48. The van der Waals surface area contributed by atoms with Crippen LogP contribution in [0.1, 0.15) is 12.8 Å². The summed E-state index contributed by atoms with van der Waals surface area (Å²) in [6, 6.07) is -0.634. The van der Waals surface area contributed by atoms with Crippen molar-refractivity contribution in [3.05, 3.63) is 0 Å². The molecule has 5 nitrogen and oxygen atoms in total. The number of nitrogens with zero attached hydrogens (tertiary/aromatic N) is 3. The van der Waals surface area contributed by atoms with E-state index in [1.54, 1.807) is 4.90 Å². The van der Waals surface area contributed by atoms with Crippen LogP contribution in [0, 0.1) is 0 Å². The lowest BCUT2D eigenvalue weighted by Gasteiger charge is -2.30. The van der Waals surface area contributed by atoms with Gasteiger partial charge < -0.3 is 0 Å². The minimum atomic E-state index is -0.634. The fraction of sp³-hybridized carbons (Fsp3) is 0.700. The van der Waals surface area contributed by atoms with Crippen LogP contribution in [0.3, 0.4) is 0 Å². The lowest BCUT2D eigenvalue weighted by Crippen LogP contribution is -2.55. The summed E-state index contributed by atoms with van der Waals surface area (Å²) in [5, 5.41) is 0.602. The third-order valence-electron chi connectivity index (χ3n) is 3.22. The summed E-state index contributed by atoms with van der Waals surface area (Å²) in [6.07, 6.45) is 2.14. The van der Waals surface area contributed by atoms with Gasteiger partial charge in [-0.15, -0.1) is 0 Å². The number of aliphatic imine (C=N–C) groups is 1. The maximum absolute atomic E-state index is 12.2. The standard InChI is InChI=1S/C10H13N3O2S/c14-8-7(12-3-1-2-4-12)9(15)13-5-6-16-10(13)11-8/h7H,1-6H2. The van der Waals surface area contributed by atoms with Crippen LogP contribution in [0.25, 0.3) is 0 Å². The largest absolute Gasteiger partial charge is 0.289 e. The summed E-state index contributed by atoms with van der Waals surface area (Å²) in [6.45, 7) is 2.38. The van der Waals surface area contributed by atoms with Gasteiger partial charge in [0.15, 0.2) is 11.2 Å². The van der Waals surface area contributed by atoms with Crippen LogP contribution in [0.4, 0.5) is 0 Å². The zero-order chi connectivity index (χ0) is 11.1. The molecule has 0 spiro atoms. The van der Waals surface area contributed by atoms with E-state index in [2.05, 4.69) is 4.99 Å². The third-order valence-corrected chi connectivity index (χ3v) is 4.18. The highest BCUT2D eigenvalue weighted by Gasteiger charge is 2.43. The van der Waals surface area contributed by atoms with Gasteiger partial charge in [0.05, 0.1) is 0 Å². The average Bonchev–Trinajstić information content (AvgIpc) is 2.87. The molecule has 0 bridgehead atoms. The molecule has 0 aromatic heterocycles. The molecule has 0 radical (unpaired) electrons. The van der Waals surface area contributed by atoms with Gasteiger partial charge in [-0.1, -0.05) is 11.8 Å². The Kier molecular flexibility index (Phi) is 2.48. The van der Waals surface area contributed by atoms with Crippen LogP contribution in [0.15, 0.2) is 4.99 Å². The molecular formula is C10H13N3O2S. The molecule has 0 N–H and O–H groups in total. The molecule has 16 heavy (non-hydrogen) atoms. The number of carbonyl (C=O) groups excluding carboxylic acids is 2. The Morgan fingerprint density at radius 1 is 1.19 bits per heavy atom. The highest BCUT2D eigenvalue weighted by molar-refractivity contribution is 8.14. The first kappa shape index (κ1) is 10.3. The summed E-state index contributed by atoms with van der Waals surface area (Å²) in [7, 11) is 0. The van der Waals surface area contributed by atoms with E-state index in [1.807, 2.05) is 4.90 Å². The molecule has 0 aliphatic carbocycles. The van der Waals surface area contributed by atoms with Crippen molar-refractivity contribution in [2.24, 2.45) is 4.99 Å². The molecule has 0 aromatic carbocycles. The average molecular weight is 239 g/mol. The molecule has 86 valence electrons. The minimum Gasteiger partial charge on any atom is -0.289 e. The molecule has 2 fully saturated rings. The van der Waals surface area contributed by atoms with E-state index in [1.165, 1.54) is 11.8 Å². The summed E-state index contributed by atoms with van der Waals surface area (Å²) >= 11 is 1.49. The Morgan fingerprint density at radius 3 is 2.69 bits per heavy atom. The van der Waals surface area contributed by atoms with Crippen molar-refractivity contribution < 1.29 is 9.59 Å². The predicted octanol–water partition coefficient (Wildman–Crippen LogP) is -0.0776. The number of amidine groups is 1. The summed E-state index contributed by atoms with van der Waals surface area (Å²) in [5.41, 5.74) is 0. The quantitative estimate of drug-likeness (QED) is 0.601. The van der Waals surface area contributed by atoms with Crippen LogP contribution in [-0.2, 0) is 9.59 Å². The molecule has 3 aliphatic heterocycles. The fourth-order valence-electron chi connectivity index (χ4n) is 2.42. The van der Waals surface area contributed by atoms with Crippen molar-refractivity contribution in [3.63, 3.8) is 0 Å². The molecule has 3 heterocycles. The lowest BCUT2D eigenvalue weighted by atomic mass is 10.2. The highest BCUT2D eigenvalue weighted by atomic mass is 32.2. The Bertz CT molecular complexity index is 376. The molecule has 6 heteroatoms. The normalized spacial score (nSPS) is 30.9. The van der Waals surface area contributed by atoms with E-state index in [9.17, 15) is 9.59 Å². The second-order valence-electron chi connectivity index (χ2n) is 4.22. The van der Waals surface area contributed by atoms with E-state index in [0.29, 0.717) is 11.7 Å². The molecule has 2 saturated heterocycles. The highest BCUT2D eigenvalue weighted by Crippen LogP contribution is 2.26. The van der Waals surface area contributed by atoms with Gasteiger partial charge in [-0.05, 0) is 25.9 Å². The number of amides is 2. The Morgan fingerprint density at radius 2 is 1.94 bits per heavy atom. The SMILES string of the molecule is O=C1N=C2SCCN2C(=O)C1N1CCCC1. The van der Waals surface area contributed by atoms with Crippen LogP contribution < -0.4 is 0 Å². The Labute approximate surface area is 97.9 Å². The van der Waals surface area contributed by atoms with Crippen molar-refractivity contribution in [2.45, 2.75) is 18.9 Å². The van der Waals surface area contributed by atoms with Crippen LogP contribution >= 0.6 is 11.8 Å². The van der Waals surface area contributed by atoms with E-state index < -0.39 is 6.04 Å². The summed E-state index contributed by atoms with van der Waals surface area (Å²) in [4.78, 5) is 31.7. The zero-order valence-corrected chi connectivity index (χ0v) is 9.70. The van der Waals surface area contributed by atoms with E-state index in [0.717, 1.165) is 31.7 Å². The zero-order valence-electron chi connectivity index (χ0n) is 8.89. The van der Waals surface area contributed by atoms with Crippen molar-refractivity contribution >= 4 is 28.7 Å². The van der Waals surface area contributed by atoms with Crippen molar-refractivity contribution in [3.8, 4) is 0 Å². The van der Waals surface area contributed by atoms with Gasteiger partial charge in [0.25, 0.3) is 11.8 Å². The van der Waals surface area contributed by atoms with Gasteiger partial charge in [-0.25, -0.2) is 0 Å². The number of rotatable bonds is 1. The topological polar surface area (TPSA) is 53.0 Å². The van der Waals surface area contributed by atoms with E-state index >= 15 is 0 Å². The van der Waals surface area contributed by atoms with Crippen LogP contribution in [0.2, 0.25) is 0 Å². The summed E-state index contributed by atoms with van der Waals surface area (Å²) < 4.78 is 0. The second kappa shape index (κ2) is 3.85. The van der Waals surface area contributed by atoms with Gasteiger partial charge in [0.2, 0.25) is 0 Å². The molecule has 1 unspecified atom stereocenters. The first-order chi connectivity index (χ1) is 7.77. The molecular weight excluding hydrogens is 226 g/mol. The van der Waals surface area contributed by atoms with Crippen LogP contribution in [-0.4, -0.2) is 58.2 Å². The number of fused-ring (bicyclic) bond motifs is 1. The first-order valence-corrected chi connectivity index (χ1v) is 6.57. The minimum absolute atomic E-state index is 0.0677. The van der Waals surface area contributed by atoms with Gasteiger partial charge >= 0.3 is 0 Å².